The Balaban J connectivity index is 1.62. The van der Waals surface area contributed by atoms with E-state index in [1.165, 1.54) is 12.1 Å². The van der Waals surface area contributed by atoms with E-state index in [2.05, 4.69) is 15.5 Å². The molecule has 0 aliphatic carbocycles. The fourth-order valence-corrected chi connectivity index (χ4v) is 2.97. The number of aromatic nitrogens is 2. The van der Waals surface area contributed by atoms with Gasteiger partial charge in [-0.3, -0.25) is 14.9 Å². The molecule has 0 aliphatic heterocycles. The van der Waals surface area contributed by atoms with E-state index in [0.29, 0.717) is 28.5 Å². The summed E-state index contributed by atoms with van der Waals surface area (Å²) in [7, 11) is 1.57. The third-order valence-electron chi connectivity index (χ3n) is 3.83. The van der Waals surface area contributed by atoms with Crippen molar-refractivity contribution in [1.82, 2.24) is 10.2 Å². The first-order chi connectivity index (χ1) is 13.5. The summed E-state index contributed by atoms with van der Waals surface area (Å²) in [5, 5.41) is 21.8. The Bertz CT molecular complexity index is 1020. The van der Waals surface area contributed by atoms with Crippen molar-refractivity contribution in [3.63, 3.8) is 0 Å². The Morgan fingerprint density at radius 1 is 1.29 bits per heavy atom. The maximum atomic E-state index is 12.2. The molecule has 2 aromatic carbocycles. The molecule has 1 amide bonds. The number of nitro benzene ring substituents is 1. The number of amides is 1. The average molecular weight is 400 g/mol. The Kier molecular flexibility index (Phi) is 5.90. The molecule has 0 fully saturated rings. The molecule has 0 aliphatic rings. The van der Waals surface area contributed by atoms with Crippen LogP contribution in [0.4, 0.5) is 11.4 Å². The number of hydrogen-bond donors (Lipinski definition) is 1. The maximum Gasteiger partial charge on any atom is 0.277 e. The van der Waals surface area contributed by atoms with Gasteiger partial charge in [0.1, 0.15) is 5.75 Å². The van der Waals surface area contributed by atoms with Crippen LogP contribution in [0.1, 0.15) is 5.56 Å². The molecule has 144 valence electrons. The SMILES string of the molecule is COc1cccc(-c2nnc(SCC(=O)Nc3cccc([N+](=O)[O-])c3C)o2)c1. The minimum Gasteiger partial charge on any atom is -0.497 e. The summed E-state index contributed by atoms with van der Waals surface area (Å²) < 4.78 is 10.7. The van der Waals surface area contributed by atoms with Crippen LogP contribution < -0.4 is 10.1 Å². The molecule has 0 saturated heterocycles. The van der Waals surface area contributed by atoms with Gasteiger partial charge in [0.25, 0.3) is 10.9 Å². The number of carbonyl (C=O) groups excluding carboxylic acids is 1. The van der Waals surface area contributed by atoms with E-state index in [-0.39, 0.29) is 22.6 Å². The van der Waals surface area contributed by atoms with Crippen LogP contribution in [-0.2, 0) is 4.79 Å². The van der Waals surface area contributed by atoms with Gasteiger partial charge in [-0.25, -0.2) is 0 Å². The van der Waals surface area contributed by atoms with Gasteiger partial charge in [0.05, 0.1) is 29.0 Å². The number of thioether (sulfide) groups is 1. The summed E-state index contributed by atoms with van der Waals surface area (Å²) in [6.07, 6.45) is 0. The minimum atomic E-state index is -0.488. The standard InChI is InChI=1S/C18H16N4O5S/c1-11-14(7-4-8-15(11)22(24)25)19-16(23)10-28-18-21-20-17(27-18)12-5-3-6-13(9-12)26-2/h3-9H,10H2,1-2H3,(H,19,23). The normalized spacial score (nSPS) is 10.5. The predicted octanol–water partition coefficient (Wildman–Crippen LogP) is 3.69. The van der Waals surface area contributed by atoms with Gasteiger partial charge in [-0.05, 0) is 31.2 Å². The molecule has 0 spiro atoms. The van der Waals surface area contributed by atoms with Crippen LogP contribution in [0.25, 0.3) is 11.5 Å². The summed E-state index contributed by atoms with van der Waals surface area (Å²) in [6, 6.07) is 11.7. The maximum absolute atomic E-state index is 12.2. The van der Waals surface area contributed by atoms with Gasteiger partial charge < -0.3 is 14.5 Å². The molecule has 0 saturated carbocycles. The van der Waals surface area contributed by atoms with Crippen molar-refractivity contribution in [2.75, 3.05) is 18.2 Å². The van der Waals surface area contributed by atoms with Gasteiger partial charge in [-0.2, -0.15) is 0 Å². The smallest absolute Gasteiger partial charge is 0.277 e. The Morgan fingerprint density at radius 3 is 2.82 bits per heavy atom. The number of rotatable bonds is 7. The molecule has 28 heavy (non-hydrogen) atoms. The van der Waals surface area contributed by atoms with Crippen molar-refractivity contribution in [3.8, 4) is 17.2 Å². The number of nitrogens with zero attached hydrogens (tertiary/aromatic N) is 3. The monoisotopic (exact) mass is 400 g/mol. The van der Waals surface area contributed by atoms with E-state index in [9.17, 15) is 14.9 Å². The third kappa shape index (κ3) is 4.46. The van der Waals surface area contributed by atoms with Crippen LogP contribution in [0, 0.1) is 17.0 Å². The zero-order chi connectivity index (χ0) is 20.1. The molecule has 9 nitrogen and oxygen atoms in total. The van der Waals surface area contributed by atoms with E-state index < -0.39 is 4.92 Å². The second-order valence-corrected chi connectivity index (χ2v) is 6.58. The zero-order valence-corrected chi connectivity index (χ0v) is 15.9. The Hall–Kier alpha value is -3.40. The van der Waals surface area contributed by atoms with Crippen LogP contribution in [-0.4, -0.2) is 33.9 Å². The van der Waals surface area contributed by atoms with E-state index in [0.717, 1.165) is 11.8 Å². The van der Waals surface area contributed by atoms with Crippen molar-refractivity contribution in [3.05, 3.63) is 58.1 Å². The second-order valence-electron chi connectivity index (χ2n) is 5.65. The predicted molar refractivity (Wildman–Crippen MR) is 103 cm³/mol. The highest BCUT2D eigenvalue weighted by atomic mass is 32.2. The lowest BCUT2D eigenvalue weighted by atomic mass is 10.1. The number of anilines is 1. The lowest BCUT2D eigenvalue weighted by Gasteiger charge is -2.07. The molecule has 0 radical (unpaired) electrons. The van der Waals surface area contributed by atoms with Crippen LogP contribution >= 0.6 is 11.8 Å². The van der Waals surface area contributed by atoms with Gasteiger partial charge in [0.2, 0.25) is 11.8 Å². The van der Waals surface area contributed by atoms with E-state index in [4.69, 9.17) is 9.15 Å². The molecule has 1 heterocycles. The minimum absolute atomic E-state index is 0.0158. The van der Waals surface area contributed by atoms with Crippen LogP contribution in [0.2, 0.25) is 0 Å². The molecular weight excluding hydrogens is 384 g/mol. The van der Waals surface area contributed by atoms with Gasteiger partial charge in [-0.15, -0.1) is 10.2 Å². The topological polar surface area (TPSA) is 120 Å². The lowest BCUT2D eigenvalue weighted by molar-refractivity contribution is -0.385. The van der Waals surface area contributed by atoms with Crippen molar-refractivity contribution >= 4 is 29.0 Å². The number of benzene rings is 2. The van der Waals surface area contributed by atoms with Crippen molar-refractivity contribution in [2.24, 2.45) is 0 Å². The highest BCUT2D eigenvalue weighted by Crippen LogP contribution is 2.27. The second kappa shape index (κ2) is 8.53. The molecule has 0 bridgehead atoms. The Morgan fingerprint density at radius 2 is 2.07 bits per heavy atom. The van der Waals surface area contributed by atoms with Crippen molar-refractivity contribution < 1.29 is 18.9 Å². The number of nitro groups is 1. The number of hydrogen-bond acceptors (Lipinski definition) is 8. The summed E-state index contributed by atoms with van der Waals surface area (Å²) >= 11 is 1.07. The van der Waals surface area contributed by atoms with Crippen molar-refractivity contribution in [1.29, 1.82) is 0 Å². The van der Waals surface area contributed by atoms with Gasteiger partial charge in [-0.1, -0.05) is 23.9 Å². The number of ether oxygens (including phenoxy) is 1. The summed E-state index contributed by atoms with van der Waals surface area (Å²) in [4.78, 5) is 22.7. The quantitative estimate of drug-likeness (QED) is 0.362. The average Bonchev–Trinajstić information content (AvgIpc) is 3.17. The summed E-state index contributed by atoms with van der Waals surface area (Å²) in [6.45, 7) is 1.58. The van der Waals surface area contributed by atoms with Crippen LogP contribution in [0.15, 0.2) is 52.1 Å². The molecule has 3 rings (SSSR count). The van der Waals surface area contributed by atoms with E-state index >= 15 is 0 Å². The molecule has 3 aromatic rings. The first-order valence-corrected chi connectivity index (χ1v) is 9.11. The molecule has 0 unspecified atom stereocenters. The van der Waals surface area contributed by atoms with Crippen LogP contribution in [0.3, 0.4) is 0 Å². The highest BCUT2D eigenvalue weighted by Gasteiger charge is 2.16. The van der Waals surface area contributed by atoms with Gasteiger partial charge >= 0.3 is 0 Å². The van der Waals surface area contributed by atoms with Gasteiger partial charge in [0, 0.05) is 11.6 Å². The number of carbonyl (C=O) groups is 1. The molecule has 1 aromatic heterocycles. The highest BCUT2D eigenvalue weighted by molar-refractivity contribution is 7.99. The zero-order valence-electron chi connectivity index (χ0n) is 15.0. The summed E-state index contributed by atoms with van der Waals surface area (Å²) in [5.74, 6) is 0.657. The van der Waals surface area contributed by atoms with E-state index in [1.54, 1.807) is 38.3 Å². The van der Waals surface area contributed by atoms with Crippen LogP contribution in [0.5, 0.6) is 5.75 Å². The molecule has 10 heteroatoms. The number of methoxy groups -OCH3 is 1. The first-order valence-electron chi connectivity index (χ1n) is 8.12. The lowest BCUT2D eigenvalue weighted by Crippen LogP contribution is -2.15. The third-order valence-corrected chi connectivity index (χ3v) is 4.64. The molecule has 0 atom stereocenters. The van der Waals surface area contributed by atoms with Crippen molar-refractivity contribution in [2.45, 2.75) is 12.1 Å². The Labute approximate surface area is 164 Å². The number of nitrogens with one attached hydrogen (secondary N) is 1. The largest absolute Gasteiger partial charge is 0.497 e. The van der Waals surface area contributed by atoms with E-state index in [1.807, 2.05) is 6.07 Å². The molecular formula is C18H16N4O5S. The summed E-state index contributed by atoms with van der Waals surface area (Å²) in [5.41, 5.74) is 1.44. The fourth-order valence-electron chi connectivity index (χ4n) is 2.41. The first kappa shape index (κ1) is 19.4. The fraction of sp³-hybridized carbons (Fsp3) is 0.167. The molecule has 1 N–H and O–H groups in total. The van der Waals surface area contributed by atoms with Gasteiger partial charge in [0.15, 0.2) is 0 Å².